The summed E-state index contributed by atoms with van der Waals surface area (Å²) >= 11 is 0. The third kappa shape index (κ3) is 4.94. The summed E-state index contributed by atoms with van der Waals surface area (Å²) in [6, 6.07) is 15.1. The van der Waals surface area contributed by atoms with Crippen molar-refractivity contribution in [2.45, 2.75) is 13.3 Å². The number of nitrogens with zero attached hydrogens (tertiary/aromatic N) is 2. The number of aromatic nitrogens is 2. The molecule has 0 atom stereocenters. The molecule has 0 aliphatic carbocycles. The number of nitrogens with one attached hydrogen (secondary N) is 1. The predicted molar refractivity (Wildman–Crippen MR) is 131 cm³/mol. The fraction of sp³-hybridized carbons (Fsp3) is 0.269. The van der Waals surface area contributed by atoms with E-state index in [0.29, 0.717) is 27.9 Å². The largest absolute Gasteiger partial charge is 0.379 e. The zero-order chi connectivity index (χ0) is 23.4. The van der Waals surface area contributed by atoms with Gasteiger partial charge in [-0.3, -0.25) is 9.59 Å². The molecule has 0 unspecified atom stereocenters. The van der Waals surface area contributed by atoms with Gasteiger partial charge in [-0.15, -0.1) is 0 Å². The van der Waals surface area contributed by atoms with Gasteiger partial charge in [0.05, 0.1) is 35.5 Å². The van der Waals surface area contributed by atoms with Gasteiger partial charge >= 0.3 is 0 Å². The van der Waals surface area contributed by atoms with Gasteiger partial charge in [0.15, 0.2) is 0 Å². The van der Waals surface area contributed by atoms with Gasteiger partial charge in [0.2, 0.25) is 0 Å². The minimum Gasteiger partial charge on any atom is -0.379 e. The highest BCUT2D eigenvalue weighted by molar-refractivity contribution is 6.14. The number of morpholine rings is 1. The highest BCUT2D eigenvalue weighted by atomic mass is 16.5. The third-order valence-electron chi connectivity index (χ3n) is 5.85. The molecule has 1 aliphatic rings. The first-order valence-electron chi connectivity index (χ1n) is 11.1. The van der Waals surface area contributed by atoms with Gasteiger partial charge in [-0.2, -0.15) is 0 Å². The zero-order valence-corrected chi connectivity index (χ0v) is 18.9. The Hall–Kier alpha value is -3.55. The molecule has 2 aromatic heterocycles. The number of benzene rings is 2. The van der Waals surface area contributed by atoms with Gasteiger partial charge < -0.3 is 20.4 Å². The number of carbonyl (C=O) groups excluding carboxylic acids is 2. The molecule has 3 heterocycles. The van der Waals surface area contributed by atoms with E-state index in [2.05, 4.69) is 36.0 Å². The number of amides is 1. The maximum Gasteiger partial charge on any atom is 0.250 e. The van der Waals surface area contributed by atoms with E-state index in [-0.39, 0.29) is 0 Å². The van der Waals surface area contributed by atoms with E-state index in [9.17, 15) is 9.59 Å². The van der Waals surface area contributed by atoms with Crippen LogP contribution >= 0.6 is 0 Å². The maximum absolute atomic E-state index is 12.0. The van der Waals surface area contributed by atoms with Crippen LogP contribution < -0.4 is 5.73 Å². The topological polar surface area (TPSA) is 101 Å². The average Bonchev–Trinajstić information content (AvgIpc) is 3.21. The summed E-state index contributed by atoms with van der Waals surface area (Å²) in [5.41, 5.74) is 11.4. The number of ether oxygens (including phenoxy) is 1. The standard InChI is InChI=1S/C21H17N3O2.C5H11NO/c1-2-12-4-3-5-14(8-12)17-10-16(21(22)26)20-19(23-17)15-7-6-13(11-25)9-18(15)24-20;1-6-2-4-7-5-3-6/h3-11,24H,2H2,1H3,(H2,22,26);2-5H2,1H3. The monoisotopic (exact) mass is 444 g/mol. The van der Waals surface area contributed by atoms with Gasteiger partial charge in [0.25, 0.3) is 5.91 Å². The summed E-state index contributed by atoms with van der Waals surface area (Å²) in [6.45, 7) is 6.11. The number of carbonyl (C=O) groups is 2. The molecule has 1 aliphatic heterocycles. The van der Waals surface area contributed by atoms with Gasteiger partial charge in [-0.25, -0.2) is 4.98 Å². The number of rotatable bonds is 4. The molecule has 7 nitrogen and oxygen atoms in total. The van der Waals surface area contributed by atoms with Crippen LogP contribution in [-0.4, -0.2) is 60.4 Å². The number of likely N-dealkylation sites (N-methyl/N-ethyl adjacent to an activating group) is 1. The predicted octanol–water partition coefficient (Wildman–Crippen LogP) is 3.81. The number of hydrogen-bond donors (Lipinski definition) is 2. The van der Waals surface area contributed by atoms with Crippen molar-refractivity contribution in [3.63, 3.8) is 0 Å². The van der Waals surface area contributed by atoms with Crippen LogP contribution in [0.2, 0.25) is 0 Å². The molecule has 1 saturated heterocycles. The SMILES string of the molecule is CCc1cccc(-c2cc(C(N)=O)c3[nH]c4cc(C=O)ccc4c3n2)c1.CN1CCOCC1. The number of pyridine rings is 1. The fourth-order valence-electron chi connectivity index (χ4n) is 3.89. The number of aromatic amines is 1. The normalized spacial score (nSPS) is 14.1. The maximum atomic E-state index is 12.0. The average molecular weight is 445 g/mol. The fourth-order valence-corrected chi connectivity index (χ4v) is 3.89. The molecule has 3 N–H and O–H groups in total. The number of H-pyrrole nitrogens is 1. The Balaban J connectivity index is 0.000000318. The van der Waals surface area contributed by atoms with Crippen LogP contribution in [-0.2, 0) is 11.2 Å². The summed E-state index contributed by atoms with van der Waals surface area (Å²) in [7, 11) is 2.11. The van der Waals surface area contributed by atoms with Crippen LogP contribution in [0.15, 0.2) is 48.5 Å². The number of fused-ring (bicyclic) bond motifs is 3. The molecule has 2 aromatic carbocycles. The molecule has 170 valence electrons. The van der Waals surface area contributed by atoms with Crippen LogP contribution in [0.4, 0.5) is 0 Å². The molecule has 1 amide bonds. The second-order valence-corrected chi connectivity index (χ2v) is 8.16. The minimum absolute atomic E-state index is 0.385. The number of primary amides is 1. The van der Waals surface area contributed by atoms with Crippen molar-refractivity contribution in [2.24, 2.45) is 5.73 Å². The quantitative estimate of drug-likeness (QED) is 0.466. The molecule has 5 rings (SSSR count). The summed E-state index contributed by atoms with van der Waals surface area (Å²) in [6.07, 6.45) is 1.70. The number of aldehydes is 1. The number of aryl methyl sites for hydroxylation is 1. The van der Waals surface area contributed by atoms with E-state index in [4.69, 9.17) is 15.5 Å². The van der Waals surface area contributed by atoms with E-state index in [1.807, 2.05) is 18.2 Å². The van der Waals surface area contributed by atoms with Crippen molar-refractivity contribution in [1.82, 2.24) is 14.9 Å². The Morgan fingerprint density at radius 1 is 1.18 bits per heavy atom. The molecule has 0 saturated carbocycles. The van der Waals surface area contributed by atoms with Crippen LogP contribution in [0.1, 0.15) is 33.2 Å². The van der Waals surface area contributed by atoms with Gasteiger partial charge in [0, 0.05) is 35.1 Å². The van der Waals surface area contributed by atoms with Crippen molar-refractivity contribution in [2.75, 3.05) is 33.4 Å². The van der Waals surface area contributed by atoms with Crippen LogP contribution in [0.5, 0.6) is 0 Å². The first-order valence-corrected chi connectivity index (χ1v) is 11.1. The Morgan fingerprint density at radius 2 is 1.97 bits per heavy atom. The molecule has 4 aromatic rings. The first kappa shape index (κ1) is 22.6. The third-order valence-corrected chi connectivity index (χ3v) is 5.85. The highest BCUT2D eigenvalue weighted by Crippen LogP contribution is 2.30. The second-order valence-electron chi connectivity index (χ2n) is 8.16. The lowest BCUT2D eigenvalue weighted by Gasteiger charge is -2.21. The Labute approximate surface area is 192 Å². The molecule has 7 heteroatoms. The van der Waals surface area contributed by atoms with Crippen LogP contribution in [0.3, 0.4) is 0 Å². The molecule has 0 bridgehead atoms. The van der Waals surface area contributed by atoms with E-state index in [1.54, 1.807) is 18.2 Å². The Bertz CT molecular complexity index is 1310. The molecule has 0 spiro atoms. The summed E-state index contributed by atoms with van der Waals surface area (Å²) in [5.74, 6) is -0.521. The smallest absolute Gasteiger partial charge is 0.250 e. The lowest BCUT2D eigenvalue weighted by Crippen LogP contribution is -2.32. The Morgan fingerprint density at radius 3 is 2.61 bits per heavy atom. The molecular weight excluding hydrogens is 416 g/mol. The summed E-state index contributed by atoms with van der Waals surface area (Å²) < 4.78 is 5.10. The van der Waals surface area contributed by atoms with Crippen molar-refractivity contribution in [3.05, 3.63) is 65.2 Å². The molecular formula is C26H28N4O3. The van der Waals surface area contributed by atoms with E-state index < -0.39 is 5.91 Å². The molecule has 1 fully saturated rings. The Kier molecular flexibility index (Phi) is 6.82. The highest BCUT2D eigenvalue weighted by Gasteiger charge is 2.16. The number of hydrogen-bond acceptors (Lipinski definition) is 5. The van der Waals surface area contributed by atoms with Crippen molar-refractivity contribution < 1.29 is 14.3 Å². The van der Waals surface area contributed by atoms with Crippen LogP contribution in [0.25, 0.3) is 33.2 Å². The van der Waals surface area contributed by atoms with Crippen molar-refractivity contribution >= 4 is 34.1 Å². The van der Waals surface area contributed by atoms with Crippen molar-refractivity contribution in [3.8, 4) is 11.3 Å². The molecule has 33 heavy (non-hydrogen) atoms. The van der Waals surface area contributed by atoms with Gasteiger partial charge in [-0.1, -0.05) is 31.2 Å². The summed E-state index contributed by atoms with van der Waals surface area (Å²) in [4.78, 5) is 33.3. The first-order chi connectivity index (χ1) is 16.0. The second kappa shape index (κ2) is 9.94. The van der Waals surface area contributed by atoms with E-state index >= 15 is 0 Å². The van der Waals surface area contributed by atoms with Gasteiger partial charge in [0.1, 0.15) is 6.29 Å². The number of nitrogens with two attached hydrogens (primary N) is 1. The lowest BCUT2D eigenvalue weighted by molar-refractivity contribution is 0.0503. The lowest BCUT2D eigenvalue weighted by atomic mass is 10.0. The van der Waals surface area contributed by atoms with E-state index in [0.717, 1.165) is 55.5 Å². The van der Waals surface area contributed by atoms with Crippen molar-refractivity contribution in [1.29, 1.82) is 0 Å². The molecule has 0 radical (unpaired) electrons. The van der Waals surface area contributed by atoms with E-state index in [1.165, 1.54) is 5.56 Å². The zero-order valence-electron chi connectivity index (χ0n) is 18.9. The summed E-state index contributed by atoms with van der Waals surface area (Å²) in [5, 5.41) is 0.849. The minimum atomic E-state index is -0.521. The van der Waals surface area contributed by atoms with Gasteiger partial charge in [-0.05, 0) is 43.3 Å². The van der Waals surface area contributed by atoms with Crippen LogP contribution in [0, 0.1) is 0 Å².